The van der Waals surface area contributed by atoms with E-state index in [-0.39, 0.29) is 11.4 Å². The van der Waals surface area contributed by atoms with Gasteiger partial charge in [-0.2, -0.15) is 13.2 Å². The minimum absolute atomic E-state index is 0.193. The topological polar surface area (TPSA) is 63.5 Å². The normalized spacial score (nSPS) is 11.1. The summed E-state index contributed by atoms with van der Waals surface area (Å²) in [5.41, 5.74) is -0.578. The fourth-order valence-electron chi connectivity index (χ4n) is 1.12. The van der Waals surface area contributed by atoms with Crippen LogP contribution in [-0.4, -0.2) is 24.1 Å². The first-order chi connectivity index (χ1) is 7.73. The van der Waals surface area contributed by atoms with Crippen molar-refractivity contribution in [3.63, 3.8) is 0 Å². The Morgan fingerprint density at radius 3 is 2.47 bits per heavy atom. The number of carbonyl (C=O) groups excluding carboxylic acids is 1. The van der Waals surface area contributed by atoms with Crippen LogP contribution in [-0.2, 0) is 4.79 Å². The van der Waals surface area contributed by atoms with Crippen molar-refractivity contribution in [3.8, 4) is 0 Å². The fourth-order valence-corrected chi connectivity index (χ4v) is 1.12. The van der Waals surface area contributed by atoms with Crippen molar-refractivity contribution in [1.29, 1.82) is 0 Å². The highest BCUT2D eigenvalue weighted by molar-refractivity contribution is 5.97. The lowest BCUT2D eigenvalue weighted by atomic mass is 10.2. The van der Waals surface area contributed by atoms with Crippen LogP contribution < -0.4 is 4.90 Å². The molecule has 5 nitrogen and oxygen atoms in total. The van der Waals surface area contributed by atoms with Crippen LogP contribution in [0.5, 0.6) is 0 Å². The predicted octanol–water partition coefficient (Wildman–Crippen LogP) is 2.12. The van der Waals surface area contributed by atoms with Gasteiger partial charge in [0.25, 0.3) is 5.69 Å². The van der Waals surface area contributed by atoms with E-state index in [2.05, 4.69) is 0 Å². The summed E-state index contributed by atoms with van der Waals surface area (Å²) in [4.78, 5) is 20.9. The number of benzene rings is 1. The molecule has 0 aliphatic carbocycles. The van der Waals surface area contributed by atoms with E-state index in [1.807, 2.05) is 0 Å². The molecule has 1 aromatic carbocycles. The Kier molecular flexibility index (Phi) is 3.35. The maximum absolute atomic E-state index is 12.1. The summed E-state index contributed by atoms with van der Waals surface area (Å²) in [5, 5.41) is 10.4. The number of hydrogen-bond donors (Lipinski definition) is 0. The Balaban J connectivity index is 3.05. The third kappa shape index (κ3) is 2.92. The van der Waals surface area contributed by atoms with Gasteiger partial charge in [-0.25, -0.2) is 0 Å². The van der Waals surface area contributed by atoms with Gasteiger partial charge in [-0.1, -0.05) is 6.07 Å². The molecule has 1 amide bonds. The Hall–Kier alpha value is -2.12. The molecule has 0 fully saturated rings. The summed E-state index contributed by atoms with van der Waals surface area (Å²) in [6.07, 6.45) is -5.01. The zero-order chi connectivity index (χ0) is 13.2. The van der Waals surface area contributed by atoms with Gasteiger partial charge in [-0.3, -0.25) is 14.9 Å². The molecule has 1 rings (SSSR count). The lowest BCUT2D eigenvalue weighted by Gasteiger charge is -2.18. The molecule has 0 bridgehead atoms. The molecule has 8 heteroatoms. The monoisotopic (exact) mass is 248 g/mol. The fraction of sp³-hybridized carbons (Fsp3) is 0.222. The zero-order valence-corrected chi connectivity index (χ0v) is 8.56. The number of nitro groups is 1. The van der Waals surface area contributed by atoms with Crippen LogP contribution in [0.4, 0.5) is 24.5 Å². The molecule has 0 saturated carbocycles. The molecular weight excluding hydrogens is 241 g/mol. The van der Waals surface area contributed by atoms with Crippen LogP contribution in [0.3, 0.4) is 0 Å². The van der Waals surface area contributed by atoms with E-state index < -0.39 is 17.0 Å². The molecule has 0 saturated heterocycles. The molecule has 0 atom stereocenters. The lowest BCUT2D eigenvalue weighted by Crippen LogP contribution is -2.38. The van der Waals surface area contributed by atoms with E-state index >= 15 is 0 Å². The van der Waals surface area contributed by atoms with Gasteiger partial charge in [0.2, 0.25) is 0 Å². The Morgan fingerprint density at radius 1 is 1.41 bits per heavy atom. The van der Waals surface area contributed by atoms with Gasteiger partial charge in [0.1, 0.15) is 0 Å². The van der Waals surface area contributed by atoms with Crippen molar-refractivity contribution < 1.29 is 22.9 Å². The maximum atomic E-state index is 12.1. The van der Waals surface area contributed by atoms with Crippen LogP contribution in [0.1, 0.15) is 0 Å². The maximum Gasteiger partial charge on any atom is 0.471 e. The van der Waals surface area contributed by atoms with Gasteiger partial charge in [-0.15, -0.1) is 0 Å². The van der Waals surface area contributed by atoms with E-state index in [4.69, 9.17) is 0 Å². The van der Waals surface area contributed by atoms with Crippen molar-refractivity contribution in [2.24, 2.45) is 0 Å². The highest BCUT2D eigenvalue weighted by Crippen LogP contribution is 2.25. The highest BCUT2D eigenvalue weighted by Gasteiger charge is 2.41. The minimum Gasteiger partial charge on any atom is -0.307 e. The van der Waals surface area contributed by atoms with Crippen LogP contribution in [0.15, 0.2) is 24.3 Å². The van der Waals surface area contributed by atoms with E-state index in [0.717, 1.165) is 19.2 Å². The molecule has 0 aliphatic heterocycles. The number of hydrogen-bond acceptors (Lipinski definition) is 3. The quantitative estimate of drug-likeness (QED) is 0.594. The largest absolute Gasteiger partial charge is 0.471 e. The van der Waals surface area contributed by atoms with E-state index in [1.54, 1.807) is 0 Å². The first-order valence-electron chi connectivity index (χ1n) is 4.33. The number of carbonyl (C=O) groups is 1. The molecule has 0 N–H and O–H groups in total. The lowest BCUT2D eigenvalue weighted by molar-refractivity contribution is -0.384. The molecule has 0 unspecified atom stereocenters. The summed E-state index contributed by atoms with van der Waals surface area (Å²) in [5.74, 6) is -2.09. The van der Waals surface area contributed by atoms with Crippen LogP contribution >= 0.6 is 0 Å². The van der Waals surface area contributed by atoms with E-state index in [9.17, 15) is 28.1 Å². The SMILES string of the molecule is CN(C(=O)C(F)(F)F)c1cccc([N+](=O)[O-])c1. The molecule has 92 valence electrons. The number of halogens is 3. The minimum atomic E-state index is -5.01. The molecular formula is C9H7F3N2O3. The Labute approximate surface area is 93.6 Å². The van der Waals surface area contributed by atoms with Crippen LogP contribution in [0, 0.1) is 10.1 Å². The van der Waals surface area contributed by atoms with Gasteiger partial charge in [0.05, 0.1) is 10.6 Å². The smallest absolute Gasteiger partial charge is 0.307 e. The number of nitrogens with zero attached hydrogens (tertiary/aromatic N) is 2. The van der Waals surface area contributed by atoms with Gasteiger partial charge >= 0.3 is 12.1 Å². The second-order valence-electron chi connectivity index (χ2n) is 3.14. The summed E-state index contributed by atoms with van der Waals surface area (Å²) < 4.78 is 36.4. The summed E-state index contributed by atoms with van der Waals surface area (Å²) in [6.45, 7) is 0. The summed E-state index contributed by atoms with van der Waals surface area (Å²) in [7, 11) is 0.898. The highest BCUT2D eigenvalue weighted by atomic mass is 19.4. The van der Waals surface area contributed by atoms with Gasteiger partial charge in [0.15, 0.2) is 0 Å². The number of amides is 1. The standard InChI is InChI=1S/C9H7F3N2O3/c1-13(8(15)9(10,11)12)6-3-2-4-7(5-6)14(16)17/h2-5H,1H3. The third-order valence-corrected chi connectivity index (χ3v) is 1.97. The average Bonchev–Trinajstić information content (AvgIpc) is 2.26. The summed E-state index contributed by atoms with van der Waals surface area (Å²) in [6, 6.07) is 4.39. The number of alkyl halides is 3. The Morgan fingerprint density at radius 2 is 2.00 bits per heavy atom. The first kappa shape index (κ1) is 12.9. The molecule has 0 spiro atoms. The van der Waals surface area contributed by atoms with Gasteiger partial charge < -0.3 is 4.90 Å². The number of anilines is 1. The van der Waals surface area contributed by atoms with Gasteiger partial charge in [0, 0.05) is 19.2 Å². The summed E-state index contributed by atoms with van der Waals surface area (Å²) >= 11 is 0. The number of rotatable bonds is 2. The van der Waals surface area contributed by atoms with E-state index in [1.165, 1.54) is 12.1 Å². The van der Waals surface area contributed by atoms with Crippen LogP contribution in [0.25, 0.3) is 0 Å². The second kappa shape index (κ2) is 4.40. The molecule has 1 aromatic rings. The molecule has 17 heavy (non-hydrogen) atoms. The predicted molar refractivity (Wildman–Crippen MR) is 52.6 cm³/mol. The third-order valence-electron chi connectivity index (χ3n) is 1.97. The van der Waals surface area contributed by atoms with Crippen molar-refractivity contribution in [2.75, 3.05) is 11.9 Å². The number of non-ortho nitro benzene ring substituents is 1. The van der Waals surface area contributed by atoms with Crippen molar-refractivity contribution in [1.82, 2.24) is 0 Å². The van der Waals surface area contributed by atoms with Crippen molar-refractivity contribution in [2.45, 2.75) is 6.18 Å². The second-order valence-corrected chi connectivity index (χ2v) is 3.14. The van der Waals surface area contributed by atoms with Crippen molar-refractivity contribution in [3.05, 3.63) is 34.4 Å². The first-order valence-corrected chi connectivity index (χ1v) is 4.33. The molecule has 0 aromatic heterocycles. The average molecular weight is 248 g/mol. The van der Waals surface area contributed by atoms with Crippen LogP contribution in [0.2, 0.25) is 0 Å². The van der Waals surface area contributed by atoms with E-state index in [0.29, 0.717) is 4.90 Å². The molecule has 0 heterocycles. The van der Waals surface area contributed by atoms with Crippen molar-refractivity contribution >= 4 is 17.3 Å². The number of nitro benzene ring substituents is 1. The molecule has 0 aliphatic rings. The van der Waals surface area contributed by atoms with Gasteiger partial charge in [-0.05, 0) is 6.07 Å². The zero-order valence-electron chi connectivity index (χ0n) is 8.56. The Bertz CT molecular complexity index is 459. The molecule has 0 radical (unpaired) electrons.